The molecule has 0 saturated carbocycles. The SMILES string of the molecule is CN=C(NCCc1cc(Br)ccc1F)N1CCS(=O)(=O)C(C)(C)C1.I. The van der Waals surface area contributed by atoms with E-state index in [0.29, 0.717) is 37.6 Å². The van der Waals surface area contributed by atoms with Gasteiger partial charge in [0, 0.05) is 31.2 Å². The number of aliphatic imine (C=N–C) groups is 1. The summed E-state index contributed by atoms with van der Waals surface area (Å²) in [7, 11) is -1.42. The largest absolute Gasteiger partial charge is 0.356 e. The number of hydrogen-bond donors (Lipinski definition) is 1. The minimum Gasteiger partial charge on any atom is -0.356 e. The number of benzene rings is 1. The summed E-state index contributed by atoms with van der Waals surface area (Å²) >= 11 is 3.34. The molecule has 1 fully saturated rings. The van der Waals surface area contributed by atoms with Gasteiger partial charge >= 0.3 is 0 Å². The fraction of sp³-hybridized carbons (Fsp3) is 0.562. The highest BCUT2D eigenvalue weighted by molar-refractivity contribution is 14.0. The van der Waals surface area contributed by atoms with Crippen LogP contribution in [0.15, 0.2) is 27.7 Å². The van der Waals surface area contributed by atoms with Crippen LogP contribution in [-0.2, 0) is 16.3 Å². The Morgan fingerprint density at radius 3 is 2.72 bits per heavy atom. The van der Waals surface area contributed by atoms with Gasteiger partial charge < -0.3 is 10.2 Å². The van der Waals surface area contributed by atoms with Crippen LogP contribution in [-0.4, -0.2) is 56.5 Å². The number of nitrogens with zero attached hydrogens (tertiary/aromatic N) is 2. The predicted molar refractivity (Wildman–Crippen MR) is 114 cm³/mol. The van der Waals surface area contributed by atoms with Crippen molar-refractivity contribution in [2.45, 2.75) is 25.0 Å². The average Bonchev–Trinajstić information content (AvgIpc) is 2.50. The van der Waals surface area contributed by atoms with Crippen molar-refractivity contribution in [3.8, 4) is 0 Å². The summed E-state index contributed by atoms with van der Waals surface area (Å²) in [6, 6.07) is 4.87. The summed E-state index contributed by atoms with van der Waals surface area (Å²) in [5, 5.41) is 3.20. The number of rotatable bonds is 3. The molecule has 0 bridgehead atoms. The van der Waals surface area contributed by atoms with Crippen molar-refractivity contribution < 1.29 is 12.8 Å². The molecule has 0 spiro atoms. The van der Waals surface area contributed by atoms with Gasteiger partial charge in [0.15, 0.2) is 15.8 Å². The van der Waals surface area contributed by atoms with Gasteiger partial charge in [-0.25, -0.2) is 12.8 Å². The Morgan fingerprint density at radius 2 is 2.12 bits per heavy atom. The Kier molecular flexibility index (Phi) is 8.13. The summed E-state index contributed by atoms with van der Waals surface area (Å²) in [6.45, 7) is 4.79. The van der Waals surface area contributed by atoms with Gasteiger partial charge in [0.1, 0.15) is 5.82 Å². The molecule has 0 aromatic heterocycles. The smallest absolute Gasteiger partial charge is 0.193 e. The molecule has 2 rings (SSSR count). The second-order valence-electron chi connectivity index (χ2n) is 6.46. The van der Waals surface area contributed by atoms with E-state index >= 15 is 0 Å². The van der Waals surface area contributed by atoms with Crippen LogP contribution < -0.4 is 5.32 Å². The molecule has 1 saturated heterocycles. The Morgan fingerprint density at radius 1 is 1.44 bits per heavy atom. The van der Waals surface area contributed by atoms with Gasteiger partial charge in [0.2, 0.25) is 0 Å². The Bertz CT molecular complexity index is 741. The lowest BCUT2D eigenvalue weighted by Gasteiger charge is -2.39. The monoisotopic (exact) mass is 547 g/mol. The molecule has 0 unspecified atom stereocenters. The third-order valence-corrected chi connectivity index (χ3v) is 7.27. The van der Waals surface area contributed by atoms with Crippen molar-refractivity contribution in [1.82, 2.24) is 10.2 Å². The molecular formula is C16H24BrFIN3O2S. The number of nitrogens with one attached hydrogen (secondary N) is 1. The Labute approximate surface area is 174 Å². The third-order valence-electron chi connectivity index (χ3n) is 4.24. The lowest BCUT2D eigenvalue weighted by molar-refractivity contribution is 0.353. The molecule has 25 heavy (non-hydrogen) atoms. The zero-order chi connectivity index (χ0) is 18.0. The Balaban J connectivity index is 0.00000312. The van der Waals surface area contributed by atoms with Crippen LogP contribution in [0.5, 0.6) is 0 Å². The fourth-order valence-electron chi connectivity index (χ4n) is 2.70. The van der Waals surface area contributed by atoms with Crippen molar-refractivity contribution in [3.05, 3.63) is 34.1 Å². The lowest BCUT2D eigenvalue weighted by atomic mass is 10.1. The van der Waals surface area contributed by atoms with E-state index in [9.17, 15) is 12.8 Å². The zero-order valence-electron chi connectivity index (χ0n) is 14.6. The molecule has 5 nitrogen and oxygen atoms in total. The topological polar surface area (TPSA) is 61.8 Å². The van der Waals surface area contributed by atoms with E-state index in [2.05, 4.69) is 26.2 Å². The molecular weight excluding hydrogens is 524 g/mol. The van der Waals surface area contributed by atoms with E-state index in [-0.39, 0.29) is 35.5 Å². The zero-order valence-corrected chi connectivity index (χ0v) is 19.3. The first kappa shape index (κ1) is 22.6. The molecule has 0 radical (unpaired) electrons. The van der Waals surface area contributed by atoms with Gasteiger partial charge in [-0.15, -0.1) is 24.0 Å². The minimum atomic E-state index is -3.09. The summed E-state index contributed by atoms with van der Waals surface area (Å²) in [5.41, 5.74) is 0.619. The maximum atomic E-state index is 13.8. The van der Waals surface area contributed by atoms with Crippen LogP contribution in [0.25, 0.3) is 0 Å². The van der Waals surface area contributed by atoms with Crippen molar-refractivity contribution in [2.75, 3.05) is 32.4 Å². The van der Waals surface area contributed by atoms with Crippen LogP contribution in [0, 0.1) is 5.82 Å². The summed E-state index contributed by atoms with van der Waals surface area (Å²) < 4.78 is 38.0. The van der Waals surface area contributed by atoms with E-state index in [1.807, 2.05) is 4.90 Å². The summed E-state index contributed by atoms with van der Waals surface area (Å²) in [6.07, 6.45) is 0.514. The summed E-state index contributed by atoms with van der Waals surface area (Å²) in [4.78, 5) is 6.17. The molecule has 1 aromatic carbocycles. The van der Waals surface area contributed by atoms with Crippen molar-refractivity contribution in [3.63, 3.8) is 0 Å². The maximum absolute atomic E-state index is 13.8. The number of hydrogen-bond acceptors (Lipinski definition) is 3. The van der Waals surface area contributed by atoms with Gasteiger partial charge in [0.05, 0.1) is 10.5 Å². The van der Waals surface area contributed by atoms with E-state index in [0.717, 1.165) is 4.47 Å². The van der Waals surface area contributed by atoms with Gasteiger partial charge in [-0.3, -0.25) is 4.99 Å². The van der Waals surface area contributed by atoms with Crippen LogP contribution in [0.1, 0.15) is 19.4 Å². The van der Waals surface area contributed by atoms with E-state index in [4.69, 9.17) is 0 Å². The molecule has 1 N–H and O–H groups in total. The van der Waals surface area contributed by atoms with Gasteiger partial charge in [-0.2, -0.15) is 0 Å². The van der Waals surface area contributed by atoms with E-state index in [1.54, 1.807) is 33.0 Å². The Hall–Kier alpha value is -0.420. The van der Waals surface area contributed by atoms with Crippen molar-refractivity contribution in [2.24, 2.45) is 4.99 Å². The second-order valence-corrected chi connectivity index (χ2v) is 10.1. The third kappa shape index (κ3) is 5.53. The number of halogens is 3. The first-order chi connectivity index (χ1) is 11.2. The van der Waals surface area contributed by atoms with Crippen LogP contribution in [0.4, 0.5) is 4.39 Å². The van der Waals surface area contributed by atoms with Gasteiger partial charge in [0.25, 0.3) is 0 Å². The number of guanidine groups is 1. The molecule has 0 atom stereocenters. The molecule has 1 aromatic rings. The predicted octanol–water partition coefficient (Wildman–Crippen LogP) is 2.83. The first-order valence-corrected chi connectivity index (χ1v) is 10.2. The molecule has 9 heteroatoms. The molecule has 0 amide bonds. The minimum absolute atomic E-state index is 0. The summed E-state index contributed by atoms with van der Waals surface area (Å²) in [5.74, 6) is 0.523. The van der Waals surface area contributed by atoms with Gasteiger partial charge in [-0.1, -0.05) is 15.9 Å². The molecule has 142 valence electrons. The van der Waals surface area contributed by atoms with Crippen LogP contribution in [0.2, 0.25) is 0 Å². The quantitative estimate of drug-likeness (QED) is 0.359. The molecule has 1 heterocycles. The molecule has 1 aliphatic heterocycles. The highest BCUT2D eigenvalue weighted by Crippen LogP contribution is 2.23. The highest BCUT2D eigenvalue weighted by Gasteiger charge is 2.40. The first-order valence-electron chi connectivity index (χ1n) is 7.78. The van der Waals surface area contributed by atoms with Crippen LogP contribution in [0.3, 0.4) is 0 Å². The van der Waals surface area contributed by atoms with E-state index in [1.165, 1.54) is 6.07 Å². The fourth-order valence-corrected chi connectivity index (χ4v) is 4.48. The highest BCUT2D eigenvalue weighted by atomic mass is 127. The molecule has 1 aliphatic rings. The second kappa shape index (κ2) is 8.98. The van der Waals surface area contributed by atoms with E-state index < -0.39 is 14.6 Å². The average molecular weight is 548 g/mol. The van der Waals surface area contributed by atoms with Crippen molar-refractivity contribution >= 4 is 55.7 Å². The normalized spacial score (nSPS) is 19.2. The van der Waals surface area contributed by atoms with Crippen molar-refractivity contribution in [1.29, 1.82) is 0 Å². The van der Waals surface area contributed by atoms with Gasteiger partial charge in [-0.05, 0) is 44.0 Å². The standard InChI is InChI=1S/C16H23BrFN3O2S.HI/c1-16(2)11-21(8-9-24(16,22)23)15(19-3)20-7-6-12-10-13(17)4-5-14(12)18;/h4-5,10H,6-9,11H2,1-3H3,(H,19,20);1H. The molecule has 0 aliphatic carbocycles. The maximum Gasteiger partial charge on any atom is 0.193 e. The number of sulfone groups is 1. The lowest BCUT2D eigenvalue weighted by Crippen LogP contribution is -2.57. The van der Waals surface area contributed by atoms with Crippen LogP contribution >= 0.6 is 39.9 Å².